The maximum Gasteiger partial charge on any atom is 0.233 e. The standard InChI is InChI=1S/C30H33NO6S2/c1-18-14-21(37-12-5-13-39(3,35)36)15-19(2)30(18)25-7-4-6-23-22(10-11-24(23)25)20-8-9-26(27(32)16-20)28-17-29(33)31-38(28)34/h4,6-9,14-16,22,28,32H,5,10-13,17H2,1-3H3,(H,31,33)/t22-,28?,38?/m1/s1. The molecule has 0 saturated carbocycles. The molecule has 0 bridgehead atoms. The van der Waals surface area contributed by atoms with Gasteiger partial charge in [-0.1, -0.05) is 30.3 Å². The zero-order valence-corrected chi connectivity index (χ0v) is 24.0. The molecule has 2 unspecified atom stereocenters. The lowest BCUT2D eigenvalue weighted by Crippen LogP contribution is -2.15. The number of carbonyl (C=O) groups is 1. The number of sulfone groups is 1. The van der Waals surface area contributed by atoms with Crippen LogP contribution < -0.4 is 9.46 Å². The van der Waals surface area contributed by atoms with Crippen molar-refractivity contribution in [1.29, 1.82) is 0 Å². The van der Waals surface area contributed by atoms with Gasteiger partial charge in [0.15, 0.2) is 0 Å². The number of hydrogen-bond acceptors (Lipinski definition) is 6. The summed E-state index contributed by atoms with van der Waals surface area (Å²) in [5.74, 6) is 0.787. The first-order valence-electron chi connectivity index (χ1n) is 13.1. The average molecular weight is 568 g/mol. The molecule has 9 heteroatoms. The molecule has 1 aliphatic carbocycles. The van der Waals surface area contributed by atoms with Crippen LogP contribution in [-0.4, -0.2) is 42.3 Å². The number of ether oxygens (including phenoxy) is 1. The zero-order chi connectivity index (χ0) is 27.9. The number of carbonyl (C=O) groups excluding carboxylic acids is 1. The van der Waals surface area contributed by atoms with E-state index in [-0.39, 0.29) is 29.7 Å². The Labute approximate surface area is 232 Å². The summed E-state index contributed by atoms with van der Waals surface area (Å²) in [6.45, 7) is 4.49. The SMILES string of the molecule is Cc1cc(OCCCS(C)(=O)=O)cc(C)c1-c1cccc2c1CC[C@@H]2c1ccc(C2CC(=O)NS2=O)c(O)c1. The zero-order valence-electron chi connectivity index (χ0n) is 22.3. The van der Waals surface area contributed by atoms with Gasteiger partial charge in [0.25, 0.3) is 0 Å². The highest BCUT2D eigenvalue weighted by molar-refractivity contribution is 7.90. The smallest absolute Gasteiger partial charge is 0.233 e. The summed E-state index contributed by atoms with van der Waals surface area (Å²) in [4.78, 5) is 11.7. The Kier molecular flexibility index (Phi) is 7.57. The Morgan fingerprint density at radius 1 is 1.08 bits per heavy atom. The lowest BCUT2D eigenvalue weighted by Gasteiger charge is -2.18. The molecule has 2 aliphatic rings. The van der Waals surface area contributed by atoms with Crippen LogP contribution in [0.4, 0.5) is 0 Å². The third-order valence-corrected chi connectivity index (χ3v) is 10.0. The van der Waals surface area contributed by atoms with Gasteiger partial charge in [-0.15, -0.1) is 0 Å². The van der Waals surface area contributed by atoms with Crippen LogP contribution in [0.3, 0.4) is 0 Å². The van der Waals surface area contributed by atoms with Crippen molar-refractivity contribution < 1.29 is 27.3 Å². The Bertz CT molecular complexity index is 1560. The number of hydrogen-bond donors (Lipinski definition) is 2. The van der Waals surface area contributed by atoms with Crippen molar-refractivity contribution in [2.24, 2.45) is 0 Å². The van der Waals surface area contributed by atoms with Gasteiger partial charge in [-0.05, 0) is 90.3 Å². The van der Waals surface area contributed by atoms with E-state index in [1.807, 2.05) is 18.2 Å². The molecule has 3 atom stereocenters. The molecule has 39 heavy (non-hydrogen) atoms. The second-order valence-electron chi connectivity index (χ2n) is 10.6. The molecule has 7 nitrogen and oxygen atoms in total. The van der Waals surface area contributed by atoms with E-state index in [0.717, 1.165) is 35.3 Å². The van der Waals surface area contributed by atoms with Crippen LogP contribution >= 0.6 is 0 Å². The summed E-state index contributed by atoms with van der Waals surface area (Å²) in [6, 6.07) is 16.0. The second-order valence-corrected chi connectivity index (χ2v) is 14.2. The number of phenols is 1. The van der Waals surface area contributed by atoms with Crippen molar-refractivity contribution in [1.82, 2.24) is 4.72 Å². The largest absolute Gasteiger partial charge is 0.508 e. The number of fused-ring (bicyclic) bond motifs is 1. The van der Waals surface area contributed by atoms with Crippen LogP contribution in [0.2, 0.25) is 0 Å². The van der Waals surface area contributed by atoms with Crippen LogP contribution in [0, 0.1) is 13.8 Å². The van der Waals surface area contributed by atoms with E-state index < -0.39 is 26.1 Å². The molecule has 1 amide bonds. The van der Waals surface area contributed by atoms with E-state index in [1.165, 1.54) is 28.5 Å². The van der Waals surface area contributed by atoms with E-state index in [4.69, 9.17) is 4.74 Å². The minimum absolute atomic E-state index is 0.0748. The number of phenolic OH excluding ortho intramolecular Hbond substituents is 1. The van der Waals surface area contributed by atoms with Gasteiger partial charge in [-0.25, -0.2) is 12.6 Å². The molecule has 0 spiro atoms. The Morgan fingerprint density at radius 3 is 2.46 bits per heavy atom. The highest BCUT2D eigenvalue weighted by Crippen LogP contribution is 2.45. The van der Waals surface area contributed by atoms with Crippen molar-refractivity contribution in [3.8, 4) is 22.6 Å². The van der Waals surface area contributed by atoms with Crippen molar-refractivity contribution >= 4 is 26.7 Å². The summed E-state index contributed by atoms with van der Waals surface area (Å²) in [5.41, 5.74) is 8.63. The summed E-state index contributed by atoms with van der Waals surface area (Å²) in [5, 5.41) is 10.3. The molecule has 0 radical (unpaired) electrons. The van der Waals surface area contributed by atoms with Gasteiger partial charge in [-0.2, -0.15) is 0 Å². The third kappa shape index (κ3) is 5.75. The minimum atomic E-state index is -3.00. The van der Waals surface area contributed by atoms with Crippen LogP contribution in [-0.2, 0) is 32.0 Å². The normalized spacial score (nSPS) is 20.6. The summed E-state index contributed by atoms with van der Waals surface area (Å²) >= 11 is 0. The van der Waals surface area contributed by atoms with Crippen LogP contribution in [0.15, 0.2) is 48.5 Å². The van der Waals surface area contributed by atoms with E-state index in [2.05, 4.69) is 36.8 Å². The lowest BCUT2D eigenvalue weighted by atomic mass is 9.87. The first kappa shape index (κ1) is 27.4. The van der Waals surface area contributed by atoms with Gasteiger partial charge in [0, 0.05) is 24.2 Å². The summed E-state index contributed by atoms with van der Waals surface area (Å²) < 4.78 is 43.3. The summed E-state index contributed by atoms with van der Waals surface area (Å²) in [6.07, 6.45) is 3.62. The fraction of sp³-hybridized carbons (Fsp3) is 0.367. The molecule has 1 fully saturated rings. The number of benzene rings is 3. The molecule has 2 N–H and O–H groups in total. The monoisotopic (exact) mass is 567 g/mol. The number of aromatic hydroxyl groups is 1. The fourth-order valence-electron chi connectivity index (χ4n) is 5.92. The number of nitrogens with one attached hydrogen (secondary N) is 1. The van der Waals surface area contributed by atoms with Gasteiger partial charge in [0.2, 0.25) is 5.91 Å². The van der Waals surface area contributed by atoms with Crippen molar-refractivity contribution in [3.63, 3.8) is 0 Å². The van der Waals surface area contributed by atoms with Gasteiger partial charge in [-0.3, -0.25) is 9.52 Å². The van der Waals surface area contributed by atoms with E-state index in [1.54, 1.807) is 12.1 Å². The Morgan fingerprint density at radius 2 is 1.82 bits per heavy atom. The molecule has 206 valence electrons. The van der Waals surface area contributed by atoms with Gasteiger partial charge >= 0.3 is 0 Å². The molecular formula is C30H33NO6S2. The predicted molar refractivity (Wildman–Crippen MR) is 153 cm³/mol. The molecule has 1 saturated heterocycles. The van der Waals surface area contributed by atoms with Crippen LogP contribution in [0.1, 0.15) is 63.8 Å². The average Bonchev–Trinajstić information content (AvgIpc) is 3.43. The first-order valence-corrected chi connectivity index (χ1v) is 16.4. The van der Waals surface area contributed by atoms with Gasteiger partial charge in [0.1, 0.15) is 32.3 Å². The van der Waals surface area contributed by atoms with Crippen LogP contribution in [0.25, 0.3) is 11.1 Å². The van der Waals surface area contributed by atoms with E-state index >= 15 is 0 Å². The lowest BCUT2D eigenvalue weighted by molar-refractivity contribution is -0.118. The summed E-state index contributed by atoms with van der Waals surface area (Å²) in [7, 11) is -4.53. The second kappa shape index (κ2) is 10.8. The maximum absolute atomic E-state index is 12.2. The molecule has 1 heterocycles. The number of aryl methyl sites for hydroxylation is 2. The topological polar surface area (TPSA) is 110 Å². The predicted octanol–water partition coefficient (Wildman–Crippen LogP) is 4.79. The van der Waals surface area contributed by atoms with E-state index in [9.17, 15) is 22.5 Å². The van der Waals surface area contributed by atoms with Crippen molar-refractivity contribution in [2.45, 2.75) is 50.7 Å². The number of amides is 1. The molecular weight excluding hydrogens is 534 g/mol. The van der Waals surface area contributed by atoms with Crippen LogP contribution in [0.5, 0.6) is 11.5 Å². The fourth-order valence-corrected chi connectivity index (χ4v) is 7.75. The van der Waals surface area contributed by atoms with Crippen molar-refractivity contribution in [2.75, 3.05) is 18.6 Å². The molecule has 3 aromatic carbocycles. The maximum atomic E-state index is 12.2. The quantitative estimate of drug-likeness (QED) is 0.379. The highest BCUT2D eigenvalue weighted by Gasteiger charge is 2.33. The Hall–Kier alpha value is -3.17. The highest BCUT2D eigenvalue weighted by atomic mass is 32.2. The molecule has 1 aliphatic heterocycles. The minimum Gasteiger partial charge on any atom is -0.508 e. The van der Waals surface area contributed by atoms with Gasteiger partial charge in [0.05, 0.1) is 17.6 Å². The first-order chi connectivity index (χ1) is 18.5. The van der Waals surface area contributed by atoms with E-state index in [0.29, 0.717) is 18.6 Å². The molecule has 0 aromatic heterocycles. The molecule has 3 aromatic rings. The third-order valence-electron chi connectivity index (χ3n) is 7.62. The molecule has 5 rings (SSSR count). The van der Waals surface area contributed by atoms with Crippen molar-refractivity contribution in [3.05, 3.63) is 81.9 Å². The Balaban J connectivity index is 1.39. The number of rotatable bonds is 8. The van der Waals surface area contributed by atoms with Gasteiger partial charge < -0.3 is 9.84 Å².